The highest BCUT2D eigenvalue weighted by Crippen LogP contribution is 2.25. The lowest BCUT2D eigenvalue weighted by molar-refractivity contribution is -0.130. The minimum Gasteiger partial charge on any atom is -0.483 e. The molecule has 2 N–H and O–H groups in total. The van der Waals surface area contributed by atoms with Gasteiger partial charge in [0.1, 0.15) is 11.6 Å². The van der Waals surface area contributed by atoms with Crippen LogP contribution >= 0.6 is 15.9 Å². The molecule has 0 heterocycles. The van der Waals surface area contributed by atoms with E-state index in [2.05, 4.69) is 26.8 Å². The van der Waals surface area contributed by atoms with E-state index in [9.17, 15) is 14.0 Å². The first-order valence-electron chi connectivity index (χ1n) is 6.04. The molecular formula is C13H16BrFN2O3. The maximum atomic E-state index is 12.8. The molecule has 0 atom stereocenters. The first-order chi connectivity index (χ1) is 9.38. The van der Waals surface area contributed by atoms with E-state index in [4.69, 9.17) is 4.74 Å². The minimum absolute atomic E-state index is 0.207. The minimum atomic E-state index is -0.502. The van der Waals surface area contributed by atoms with Gasteiger partial charge in [0.15, 0.2) is 6.61 Å². The second-order valence-corrected chi connectivity index (χ2v) is 5.41. The van der Waals surface area contributed by atoms with Gasteiger partial charge in [-0.25, -0.2) is 4.39 Å². The van der Waals surface area contributed by atoms with Gasteiger partial charge >= 0.3 is 0 Å². The molecule has 0 aromatic heterocycles. The van der Waals surface area contributed by atoms with E-state index in [1.54, 1.807) is 0 Å². The summed E-state index contributed by atoms with van der Waals surface area (Å²) in [6.45, 7) is 3.51. The number of amides is 2. The third kappa shape index (κ3) is 6.01. The van der Waals surface area contributed by atoms with E-state index >= 15 is 0 Å². The molecule has 0 unspecified atom stereocenters. The van der Waals surface area contributed by atoms with Crippen molar-refractivity contribution in [3.05, 3.63) is 28.5 Å². The number of hydrogen-bond acceptors (Lipinski definition) is 3. The van der Waals surface area contributed by atoms with Gasteiger partial charge in [-0.05, 0) is 40.0 Å². The average Bonchev–Trinajstić information content (AvgIpc) is 2.34. The molecule has 2 amide bonds. The maximum Gasteiger partial charge on any atom is 0.276 e. The van der Waals surface area contributed by atoms with Gasteiger partial charge in [-0.1, -0.05) is 13.8 Å². The van der Waals surface area contributed by atoms with Crippen molar-refractivity contribution in [2.24, 2.45) is 5.92 Å². The molecule has 0 saturated heterocycles. The molecular weight excluding hydrogens is 331 g/mol. The summed E-state index contributed by atoms with van der Waals surface area (Å²) in [5.41, 5.74) is 4.52. The summed E-state index contributed by atoms with van der Waals surface area (Å²) >= 11 is 3.12. The SMILES string of the molecule is CC(C)CC(=O)NNC(=O)COc1ccc(F)cc1Br. The molecule has 0 radical (unpaired) electrons. The molecule has 0 bridgehead atoms. The Hall–Kier alpha value is -1.63. The highest BCUT2D eigenvalue weighted by atomic mass is 79.9. The van der Waals surface area contributed by atoms with Gasteiger partial charge in [0.05, 0.1) is 4.47 Å². The smallest absolute Gasteiger partial charge is 0.276 e. The van der Waals surface area contributed by atoms with E-state index in [0.717, 1.165) is 0 Å². The van der Waals surface area contributed by atoms with E-state index in [1.165, 1.54) is 18.2 Å². The molecule has 1 aromatic rings. The van der Waals surface area contributed by atoms with Gasteiger partial charge in [0.2, 0.25) is 5.91 Å². The molecule has 5 nitrogen and oxygen atoms in total. The molecule has 1 aromatic carbocycles. The molecule has 110 valence electrons. The number of rotatable bonds is 5. The summed E-state index contributed by atoms with van der Waals surface area (Å²) < 4.78 is 18.4. The fourth-order valence-electron chi connectivity index (χ4n) is 1.33. The Morgan fingerprint density at radius 3 is 2.55 bits per heavy atom. The van der Waals surface area contributed by atoms with Crippen LogP contribution in [0.1, 0.15) is 20.3 Å². The highest BCUT2D eigenvalue weighted by molar-refractivity contribution is 9.10. The van der Waals surface area contributed by atoms with Crippen molar-refractivity contribution in [1.29, 1.82) is 0 Å². The predicted octanol–water partition coefficient (Wildman–Crippen LogP) is 2.16. The first-order valence-corrected chi connectivity index (χ1v) is 6.83. The van der Waals surface area contributed by atoms with E-state index in [1.807, 2.05) is 13.8 Å². The Morgan fingerprint density at radius 2 is 1.95 bits per heavy atom. The number of ether oxygens (including phenoxy) is 1. The van der Waals surface area contributed by atoms with Gasteiger partial charge in [-0.2, -0.15) is 0 Å². The van der Waals surface area contributed by atoms with Crippen LogP contribution in [0.15, 0.2) is 22.7 Å². The third-order valence-corrected chi connectivity index (χ3v) is 2.81. The summed E-state index contributed by atoms with van der Waals surface area (Å²) in [7, 11) is 0. The van der Waals surface area contributed by atoms with Crippen LogP contribution in [0.5, 0.6) is 5.75 Å². The van der Waals surface area contributed by atoms with Crippen molar-refractivity contribution in [3.63, 3.8) is 0 Å². The Labute approximate surface area is 125 Å². The lowest BCUT2D eigenvalue weighted by atomic mass is 10.1. The average molecular weight is 347 g/mol. The molecule has 0 aliphatic carbocycles. The van der Waals surface area contributed by atoms with Crippen molar-refractivity contribution in [2.45, 2.75) is 20.3 Å². The van der Waals surface area contributed by atoms with Gasteiger partial charge in [-0.15, -0.1) is 0 Å². The number of carbonyl (C=O) groups is 2. The van der Waals surface area contributed by atoms with E-state index < -0.39 is 11.7 Å². The maximum absolute atomic E-state index is 12.8. The number of carbonyl (C=O) groups excluding carboxylic acids is 2. The number of nitrogens with one attached hydrogen (secondary N) is 2. The van der Waals surface area contributed by atoms with Crippen LogP contribution in [-0.2, 0) is 9.59 Å². The van der Waals surface area contributed by atoms with E-state index in [-0.39, 0.29) is 18.4 Å². The van der Waals surface area contributed by atoms with Crippen molar-refractivity contribution in [2.75, 3.05) is 6.61 Å². The predicted molar refractivity (Wildman–Crippen MR) is 75.3 cm³/mol. The van der Waals surface area contributed by atoms with Crippen LogP contribution in [0.3, 0.4) is 0 Å². The second-order valence-electron chi connectivity index (χ2n) is 4.56. The lowest BCUT2D eigenvalue weighted by Crippen LogP contribution is -2.44. The summed E-state index contributed by atoms with van der Waals surface area (Å²) in [6.07, 6.45) is 0.324. The Bertz CT molecular complexity index is 495. The van der Waals surface area contributed by atoms with Crippen molar-refractivity contribution in [1.82, 2.24) is 10.9 Å². The zero-order valence-electron chi connectivity index (χ0n) is 11.2. The Balaban J connectivity index is 2.34. The molecule has 0 aliphatic rings. The van der Waals surface area contributed by atoms with Gasteiger partial charge < -0.3 is 4.74 Å². The fourth-order valence-corrected chi connectivity index (χ4v) is 1.80. The molecule has 0 aliphatic heterocycles. The quantitative estimate of drug-likeness (QED) is 0.803. The van der Waals surface area contributed by atoms with Crippen LogP contribution in [0.2, 0.25) is 0 Å². The number of benzene rings is 1. The standard InChI is InChI=1S/C13H16BrFN2O3/c1-8(2)5-12(18)16-17-13(19)7-20-11-4-3-9(15)6-10(11)14/h3-4,6,8H,5,7H2,1-2H3,(H,16,18)(H,17,19). The summed E-state index contributed by atoms with van der Waals surface area (Å²) in [5, 5.41) is 0. The Morgan fingerprint density at radius 1 is 1.30 bits per heavy atom. The molecule has 20 heavy (non-hydrogen) atoms. The Kier molecular flexibility index (Phi) is 6.44. The largest absolute Gasteiger partial charge is 0.483 e. The summed E-state index contributed by atoms with van der Waals surface area (Å²) in [6, 6.07) is 3.87. The molecule has 0 saturated carbocycles. The highest BCUT2D eigenvalue weighted by Gasteiger charge is 2.08. The van der Waals surface area contributed by atoms with Gasteiger partial charge in [0, 0.05) is 6.42 Å². The van der Waals surface area contributed by atoms with Crippen molar-refractivity contribution >= 4 is 27.7 Å². The molecule has 1 rings (SSSR count). The first kappa shape index (κ1) is 16.4. The normalized spacial score (nSPS) is 10.2. The monoisotopic (exact) mass is 346 g/mol. The molecule has 0 spiro atoms. The van der Waals surface area contributed by atoms with Crippen molar-refractivity contribution in [3.8, 4) is 5.75 Å². The third-order valence-electron chi connectivity index (χ3n) is 2.19. The van der Waals surface area contributed by atoms with Gasteiger partial charge in [0.25, 0.3) is 5.91 Å². The topological polar surface area (TPSA) is 67.4 Å². The van der Waals surface area contributed by atoms with Crippen LogP contribution in [0.25, 0.3) is 0 Å². The number of hydrogen-bond donors (Lipinski definition) is 2. The second kappa shape index (κ2) is 7.84. The van der Waals surface area contributed by atoms with Crippen LogP contribution in [0.4, 0.5) is 4.39 Å². The summed E-state index contributed by atoms with van der Waals surface area (Å²) in [4.78, 5) is 22.8. The lowest BCUT2D eigenvalue weighted by Gasteiger charge is -2.10. The zero-order chi connectivity index (χ0) is 15.1. The van der Waals surface area contributed by atoms with Crippen LogP contribution in [0, 0.1) is 11.7 Å². The molecule has 7 heteroatoms. The van der Waals surface area contributed by atoms with Crippen LogP contribution in [-0.4, -0.2) is 18.4 Å². The van der Waals surface area contributed by atoms with Crippen molar-refractivity contribution < 1.29 is 18.7 Å². The number of hydrazine groups is 1. The zero-order valence-corrected chi connectivity index (χ0v) is 12.8. The summed E-state index contributed by atoms with van der Waals surface area (Å²) in [5.74, 6) is -0.627. The van der Waals surface area contributed by atoms with E-state index in [0.29, 0.717) is 16.6 Å². The molecule has 0 fully saturated rings. The number of halogens is 2. The fraction of sp³-hybridized carbons (Fsp3) is 0.385. The van der Waals surface area contributed by atoms with Crippen LogP contribution < -0.4 is 15.6 Å². The van der Waals surface area contributed by atoms with Gasteiger partial charge in [-0.3, -0.25) is 20.4 Å².